The van der Waals surface area contributed by atoms with Gasteiger partial charge in [0, 0.05) is 6.54 Å². The second-order valence-corrected chi connectivity index (χ2v) is 5.14. The summed E-state index contributed by atoms with van der Waals surface area (Å²) in [4.78, 5) is 0. The molecule has 0 bridgehead atoms. The van der Waals surface area contributed by atoms with E-state index in [1.165, 1.54) is 6.07 Å². The normalized spacial score (nSPS) is 11.9. The van der Waals surface area contributed by atoms with Gasteiger partial charge in [0.15, 0.2) is 0 Å². The molecule has 0 fully saturated rings. The van der Waals surface area contributed by atoms with E-state index in [-0.39, 0.29) is 18.1 Å². The summed E-state index contributed by atoms with van der Waals surface area (Å²) in [5.74, 6) is 0.553. The predicted molar refractivity (Wildman–Crippen MR) is 61.9 cm³/mol. The third-order valence-corrected chi connectivity index (χ3v) is 3.39. The number of furan rings is 1. The van der Waals surface area contributed by atoms with E-state index < -0.39 is 16.7 Å². The Morgan fingerprint density at radius 3 is 2.82 bits per heavy atom. The van der Waals surface area contributed by atoms with Crippen LogP contribution in [0.5, 0.6) is 0 Å². The van der Waals surface area contributed by atoms with Crippen molar-refractivity contribution < 1.29 is 17.2 Å². The zero-order valence-electron chi connectivity index (χ0n) is 9.70. The molecule has 0 saturated heterocycles. The van der Waals surface area contributed by atoms with Gasteiger partial charge >= 0.3 is 0 Å². The maximum atomic E-state index is 11.8. The third-order valence-electron chi connectivity index (χ3n) is 2.05. The molecule has 0 aliphatic carbocycles. The number of rotatable bonds is 8. The summed E-state index contributed by atoms with van der Waals surface area (Å²) in [5.41, 5.74) is 0. The molecular weight excluding hydrogens is 247 g/mol. The lowest BCUT2D eigenvalue weighted by Crippen LogP contribution is -2.24. The minimum atomic E-state index is -3.65. The molecule has 1 rings (SSSR count). The molecule has 0 amide bonds. The summed E-state index contributed by atoms with van der Waals surface area (Å²) < 4.78 is 42.6. The van der Waals surface area contributed by atoms with Crippen LogP contribution in [-0.4, -0.2) is 28.2 Å². The Kier molecular flexibility index (Phi) is 5.60. The van der Waals surface area contributed by atoms with Crippen molar-refractivity contribution >= 4 is 10.0 Å². The quantitative estimate of drug-likeness (QED) is 0.688. The second kappa shape index (κ2) is 6.73. The van der Waals surface area contributed by atoms with E-state index in [0.717, 1.165) is 6.54 Å². The molecule has 0 aromatic carbocycles. The van der Waals surface area contributed by atoms with Crippen molar-refractivity contribution in [3.63, 3.8) is 0 Å². The van der Waals surface area contributed by atoms with Crippen LogP contribution in [0.25, 0.3) is 0 Å². The smallest absolute Gasteiger partial charge is 0.273 e. The summed E-state index contributed by atoms with van der Waals surface area (Å²) in [5, 5.41) is 2.89. The van der Waals surface area contributed by atoms with Crippen LogP contribution in [0.1, 0.15) is 19.1 Å². The van der Waals surface area contributed by atoms with Crippen molar-refractivity contribution in [2.24, 2.45) is 0 Å². The van der Waals surface area contributed by atoms with Crippen LogP contribution in [-0.2, 0) is 16.6 Å². The summed E-state index contributed by atoms with van der Waals surface area (Å²) in [6.45, 7) is 2.72. The maximum Gasteiger partial charge on any atom is 0.273 e. The Balaban J connectivity index is 2.61. The molecule has 0 radical (unpaired) electrons. The van der Waals surface area contributed by atoms with Crippen molar-refractivity contribution in [3.8, 4) is 0 Å². The van der Waals surface area contributed by atoms with E-state index in [9.17, 15) is 12.8 Å². The highest BCUT2D eigenvalue weighted by Crippen LogP contribution is 2.13. The highest BCUT2D eigenvalue weighted by Gasteiger charge is 2.17. The van der Waals surface area contributed by atoms with Gasteiger partial charge in [0.2, 0.25) is 5.09 Å². The van der Waals surface area contributed by atoms with Crippen molar-refractivity contribution in [2.75, 3.05) is 19.8 Å². The van der Waals surface area contributed by atoms with E-state index in [1.807, 2.05) is 6.92 Å². The molecule has 0 unspecified atom stereocenters. The van der Waals surface area contributed by atoms with Gasteiger partial charge in [0.1, 0.15) is 5.76 Å². The van der Waals surface area contributed by atoms with E-state index in [1.54, 1.807) is 6.07 Å². The number of sulfonamides is 1. The zero-order valence-corrected chi connectivity index (χ0v) is 10.5. The van der Waals surface area contributed by atoms with Crippen molar-refractivity contribution in [1.29, 1.82) is 0 Å². The summed E-state index contributed by atoms with van der Waals surface area (Å²) in [6, 6.07) is 3.00. The number of hydrogen-bond donors (Lipinski definition) is 2. The van der Waals surface area contributed by atoms with Crippen LogP contribution in [0.4, 0.5) is 4.39 Å². The first kappa shape index (κ1) is 14.1. The molecule has 5 nitrogen and oxygen atoms in total. The summed E-state index contributed by atoms with van der Waals surface area (Å²) in [7, 11) is -3.65. The van der Waals surface area contributed by atoms with Crippen LogP contribution in [0, 0.1) is 0 Å². The Hall–Kier alpha value is -0.920. The molecule has 98 valence electrons. The van der Waals surface area contributed by atoms with Crippen molar-refractivity contribution in [1.82, 2.24) is 10.0 Å². The van der Waals surface area contributed by atoms with Crippen LogP contribution in [0.3, 0.4) is 0 Å². The first-order valence-electron chi connectivity index (χ1n) is 5.45. The molecule has 0 atom stereocenters. The lowest BCUT2D eigenvalue weighted by molar-refractivity contribution is 0.400. The van der Waals surface area contributed by atoms with E-state index in [2.05, 4.69) is 10.0 Å². The fraction of sp³-hybridized carbons (Fsp3) is 0.600. The second-order valence-electron chi connectivity index (χ2n) is 3.44. The van der Waals surface area contributed by atoms with Crippen molar-refractivity contribution in [2.45, 2.75) is 25.0 Å². The number of halogens is 1. The minimum Gasteiger partial charge on any atom is -0.447 e. The monoisotopic (exact) mass is 264 g/mol. The maximum absolute atomic E-state index is 11.8. The average molecular weight is 264 g/mol. The van der Waals surface area contributed by atoms with Gasteiger partial charge in [-0.15, -0.1) is 0 Å². The first-order chi connectivity index (χ1) is 8.10. The highest BCUT2D eigenvalue weighted by molar-refractivity contribution is 7.89. The fourth-order valence-corrected chi connectivity index (χ4v) is 2.21. The minimum absolute atomic E-state index is 0.0715. The summed E-state index contributed by atoms with van der Waals surface area (Å²) in [6.07, 6.45) is 0.157. The van der Waals surface area contributed by atoms with E-state index in [4.69, 9.17) is 4.42 Å². The molecule has 0 aliphatic rings. The standard InChI is InChI=1S/C10H17FN2O3S/c1-2-12-8-9-4-5-10(16-9)17(14,15)13-7-3-6-11/h4-5,12-13H,2-3,6-8H2,1H3. The molecular formula is C10H17FN2O3S. The number of nitrogens with one attached hydrogen (secondary N) is 2. The van der Waals surface area contributed by atoms with Crippen LogP contribution in [0.15, 0.2) is 21.6 Å². The predicted octanol–water partition coefficient (Wildman–Crippen LogP) is 1.03. The number of hydrogen-bond acceptors (Lipinski definition) is 4. The highest BCUT2D eigenvalue weighted by atomic mass is 32.2. The van der Waals surface area contributed by atoms with Gasteiger partial charge in [-0.25, -0.2) is 13.1 Å². The molecule has 17 heavy (non-hydrogen) atoms. The molecule has 0 aliphatic heterocycles. The van der Waals surface area contributed by atoms with E-state index in [0.29, 0.717) is 12.3 Å². The van der Waals surface area contributed by atoms with Gasteiger partial charge in [-0.3, -0.25) is 4.39 Å². The Morgan fingerprint density at radius 2 is 2.18 bits per heavy atom. The lowest BCUT2D eigenvalue weighted by Gasteiger charge is -2.02. The third kappa shape index (κ3) is 4.45. The van der Waals surface area contributed by atoms with E-state index >= 15 is 0 Å². The molecule has 2 N–H and O–H groups in total. The molecule has 1 aromatic rings. The van der Waals surface area contributed by atoms with Crippen LogP contribution >= 0.6 is 0 Å². The molecule has 0 spiro atoms. The molecule has 1 heterocycles. The van der Waals surface area contributed by atoms with Crippen molar-refractivity contribution in [3.05, 3.63) is 17.9 Å². The Labute approximate surface area is 100 Å². The molecule has 1 aromatic heterocycles. The molecule has 0 saturated carbocycles. The largest absolute Gasteiger partial charge is 0.447 e. The summed E-state index contributed by atoms with van der Waals surface area (Å²) >= 11 is 0. The van der Waals surface area contributed by atoms with Gasteiger partial charge in [0.05, 0.1) is 13.2 Å². The number of alkyl halides is 1. The van der Waals surface area contributed by atoms with Crippen LogP contribution < -0.4 is 10.0 Å². The van der Waals surface area contributed by atoms with Gasteiger partial charge in [-0.05, 0) is 25.1 Å². The Morgan fingerprint density at radius 1 is 1.41 bits per heavy atom. The first-order valence-corrected chi connectivity index (χ1v) is 6.93. The fourth-order valence-electron chi connectivity index (χ4n) is 1.19. The average Bonchev–Trinajstić information content (AvgIpc) is 2.76. The zero-order chi connectivity index (χ0) is 12.7. The topological polar surface area (TPSA) is 71.3 Å². The Bertz CT molecular complexity index is 431. The molecule has 7 heteroatoms. The SMILES string of the molecule is CCNCc1ccc(S(=O)(=O)NCCCF)o1. The lowest BCUT2D eigenvalue weighted by atomic mass is 10.4. The van der Waals surface area contributed by atoms with Gasteiger partial charge in [-0.1, -0.05) is 6.92 Å². The van der Waals surface area contributed by atoms with Gasteiger partial charge in [0.25, 0.3) is 10.0 Å². The van der Waals surface area contributed by atoms with Crippen LogP contribution in [0.2, 0.25) is 0 Å². The van der Waals surface area contributed by atoms with Gasteiger partial charge in [-0.2, -0.15) is 0 Å². The van der Waals surface area contributed by atoms with Gasteiger partial charge < -0.3 is 9.73 Å².